The Morgan fingerprint density at radius 3 is 2.64 bits per heavy atom. The molecule has 0 atom stereocenters. The maximum atomic E-state index is 13.1. The first-order chi connectivity index (χ1) is 12.2. The predicted molar refractivity (Wildman–Crippen MR) is 101 cm³/mol. The lowest BCUT2D eigenvalue weighted by Gasteiger charge is -2.04. The minimum absolute atomic E-state index is 0.244. The zero-order valence-corrected chi connectivity index (χ0v) is 14.5. The number of halogens is 1. The second-order valence-electron chi connectivity index (χ2n) is 5.62. The second-order valence-corrected chi connectivity index (χ2v) is 6.92. The molecule has 0 aliphatic carbocycles. The maximum Gasteiger partial charge on any atom is 0.178 e. The number of thioether (sulfide) groups is 1. The van der Waals surface area contributed by atoms with Gasteiger partial charge < -0.3 is 4.98 Å². The van der Waals surface area contributed by atoms with Crippen molar-refractivity contribution in [2.24, 2.45) is 0 Å². The minimum Gasteiger partial charge on any atom is -0.337 e. The van der Waals surface area contributed by atoms with E-state index >= 15 is 0 Å². The van der Waals surface area contributed by atoms with E-state index < -0.39 is 0 Å². The summed E-state index contributed by atoms with van der Waals surface area (Å²) >= 11 is 1.79. The summed E-state index contributed by atoms with van der Waals surface area (Å²) in [6, 6.07) is 16.6. The Hall–Kier alpha value is -2.66. The van der Waals surface area contributed by atoms with Crippen LogP contribution in [0, 0.1) is 5.82 Å². The highest BCUT2D eigenvalue weighted by molar-refractivity contribution is 7.99. The minimum atomic E-state index is -0.244. The van der Waals surface area contributed by atoms with Crippen LogP contribution < -0.4 is 0 Å². The fourth-order valence-electron chi connectivity index (χ4n) is 2.77. The van der Waals surface area contributed by atoms with Crippen molar-refractivity contribution in [1.82, 2.24) is 15.0 Å². The molecule has 0 fully saturated rings. The largest absolute Gasteiger partial charge is 0.337 e. The molecule has 0 bridgehead atoms. The molecule has 0 saturated heterocycles. The van der Waals surface area contributed by atoms with Gasteiger partial charge in [-0.05, 0) is 35.6 Å². The average Bonchev–Trinajstić information content (AvgIpc) is 3.06. The highest BCUT2D eigenvalue weighted by Gasteiger charge is 2.11. The summed E-state index contributed by atoms with van der Waals surface area (Å²) in [6.07, 6.45) is 1.77. The molecule has 2 aromatic carbocycles. The van der Waals surface area contributed by atoms with Crippen LogP contribution in [0.2, 0.25) is 0 Å². The molecule has 2 heterocycles. The van der Waals surface area contributed by atoms with Gasteiger partial charge in [0.15, 0.2) is 5.65 Å². The number of pyridine rings is 1. The fraction of sp³-hybridized carbons (Fsp3) is 0.100. The molecule has 0 unspecified atom stereocenters. The first-order valence-corrected chi connectivity index (χ1v) is 9.07. The summed E-state index contributed by atoms with van der Waals surface area (Å²) in [5.74, 6) is 1.58. The van der Waals surface area contributed by atoms with E-state index in [0.717, 1.165) is 33.8 Å². The molecule has 124 valence electrons. The number of rotatable bonds is 4. The molecular weight excluding hydrogens is 333 g/mol. The molecule has 5 heteroatoms. The van der Waals surface area contributed by atoms with Gasteiger partial charge in [-0.2, -0.15) is 0 Å². The van der Waals surface area contributed by atoms with Gasteiger partial charge in [-0.3, -0.25) is 0 Å². The molecule has 0 radical (unpaired) electrons. The monoisotopic (exact) mass is 349 g/mol. The van der Waals surface area contributed by atoms with E-state index in [4.69, 9.17) is 0 Å². The Kier molecular flexibility index (Phi) is 4.24. The SMILES string of the molecule is CCSc1ccccc1-c1nc2ncc(-c3ccc(F)cc3)cc2[nH]1. The van der Waals surface area contributed by atoms with Crippen molar-refractivity contribution in [2.45, 2.75) is 11.8 Å². The van der Waals surface area contributed by atoms with Crippen LogP contribution in [0.3, 0.4) is 0 Å². The summed E-state index contributed by atoms with van der Waals surface area (Å²) in [5.41, 5.74) is 4.48. The lowest BCUT2D eigenvalue weighted by atomic mass is 10.1. The molecule has 0 saturated carbocycles. The number of nitrogens with one attached hydrogen (secondary N) is 1. The van der Waals surface area contributed by atoms with Crippen molar-refractivity contribution in [3.05, 3.63) is 66.6 Å². The summed E-state index contributed by atoms with van der Waals surface area (Å²) < 4.78 is 13.1. The standard InChI is InChI=1S/C20H16FN3S/c1-2-25-18-6-4-3-5-16(18)19-23-17-11-14(12-22-20(17)24-19)13-7-9-15(21)10-8-13/h3-12H,2H2,1H3,(H,22,23,24). The molecule has 25 heavy (non-hydrogen) atoms. The number of benzene rings is 2. The van der Waals surface area contributed by atoms with Crippen molar-refractivity contribution in [3.8, 4) is 22.5 Å². The number of aromatic nitrogens is 3. The van der Waals surface area contributed by atoms with Crippen LogP contribution in [0.4, 0.5) is 4.39 Å². The van der Waals surface area contributed by atoms with Crippen molar-refractivity contribution in [1.29, 1.82) is 0 Å². The van der Waals surface area contributed by atoms with E-state index in [9.17, 15) is 4.39 Å². The Morgan fingerprint density at radius 2 is 1.84 bits per heavy atom. The molecule has 0 spiro atoms. The molecule has 4 rings (SSSR count). The third kappa shape index (κ3) is 3.15. The Labute approximate surface area is 149 Å². The van der Waals surface area contributed by atoms with Crippen LogP contribution in [0.15, 0.2) is 65.7 Å². The summed E-state index contributed by atoms with van der Waals surface area (Å²) in [4.78, 5) is 13.7. The second kappa shape index (κ2) is 6.69. The van der Waals surface area contributed by atoms with Gasteiger partial charge in [0.25, 0.3) is 0 Å². The highest BCUT2D eigenvalue weighted by Crippen LogP contribution is 2.31. The lowest BCUT2D eigenvalue weighted by Crippen LogP contribution is -1.84. The lowest BCUT2D eigenvalue weighted by molar-refractivity contribution is 0.628. The van der Waals surface area contributed by atoms with Gasteiger partial charge in [0, 0.05) is 22.2 Å². The third-order valence-corrected chi connectivity index (χ3v) is 4.91. The number of fused-ring (bicyclic) bond motifs is 1. The molecule has 3 nitrogen and oxygen atoms in total. The van der Waals surface area contributed by atoms with E-state index in [1.165, 1.54) is 17.0 Å². The number of nitrogens with zero attached hydrogens (tertiary/aromatic N) is 2. The van der Waals surface area contributed by atoms with Crippen LogP contribution in [0.25, 0.3) is 33.7 Å². The molecule has 0 aliphatic rings. The topological polar surface area (TPSA) is 41.6 Å². The van der Waals surface area contributed by atoms with Gasteiger partial charge in [0.2, 0.25) is 0 Å². The number of hydrogen-bond donors (Lipinski definition) is 1. The molecule has 0 aliphatic heterocycles. The van der Waals surface area contributed by atoms with Gasteiger partial charge >= 0.3 is 0 Å². The van der Waals surface area contributed by atoms with Crippen LogP contribution in [0.5, 0.6) is 0 Å². The van der Waals surface area contributed by atoms with Crippen molar-refractivity contribution < 1.29 is 4.39 Å². The Balaban J connectivity index is 1.77. The smallest absolute Gasteiger partial charge is 0.178 e. The van der Waals surface area contributed by atoms with Crippen molar-refractivity contribution in [2.75, 3.05) is 5.75 Å². The van der Waals surface area contributed by atoms with E-state index in [1.807, 2.05) is 18.2 Å². The quantitative estimate of drug-likeness (QED) is 0.492. The van der Waals surface area contributed by atoms with E-state index in [2.05, 4.69) is 34.0 Å². The predicted octanol–water partition coefficient (Wildman–Crippen LogP) is 5.54. The number of imidazole rings is 1. The van der Waals surface area contributed by atoms with Gasteiger partial charge in [-0.1, -0.05) is 37.3 Å². The summed E-state index contributed by atoms with van der Waals surface area (Å²) in [5, 5.41) is 0. The van der Waals surface area contributed by atoms with Crippen LogP contribution >= 0.6 is 11.8 Å². The first-order valence-electron chi connectivity index (χ1n) is 8.08. The van der Waals surface area contributed by atoms with Crippen molar-refractivity contribution >= 4 is 22.9 Å². The zero-order chi connectivity index (χ0) is 17.2. The van der Waals surface area contributed by atoms with Gasteiger partial charge in [0.1, 0.15) is 11.6 Å². The van der Waals surface area contributed by atoms with Crippen LogP contribution in [-0.4, -0.2) is 20.7 Å². The summed E-state index contributed by atoms with van der Waals surface area (Å²) in [7, 11) is 0. The highest BCUT2D eigenvalue weighted by atomic mass is 32.2. The van der Waals surface area contributed by atoms with E-state index in [1.54, 1.807) is 30.1 Å². The number of H-pyrrole nitrogens is 1. The maximum absolute atomic E-state index is 13.1. The van der Waals surface area contributed by atoms with E-state index in [0.29, 0.717) is 5.65 Å². The van der Waals surface area contributed by atoms with Crippen LogP contribution in [-0.2, 0) is 0 Å². The number of aromatic amines is 1. The van der Waals surface area contributed by atoms with Gasteiger partial charge in [-0.25, -0.2) is 14.4 Å². The average molecular weight is 349 g/mol. The number of hydrogen-bond acceptors (Lipinski definition) is 3. The Morgan fingerprint density at radius 1 is 1.04 bits per heavy atom. The zero-order valence-electron chi connectivity index (χ0n) is 13.7. The molecule has 2 aromatic heterocycles. The normalized spacial score (nSPS) is 11.1. The molecule has 4 aromatic rings. The molecule has 1 N–H and O–H groups in total. The molecular formula is C20H16FN3S. The van der Waals surface area contributed by atoms with Crippen molar-refractivity contribution in [3.63, 3.8) is 0 Å². The van der Waals surface area contributed by atoms with E-state index in [-0.39, 0.29) is 5.82 Å². The molecule has 0 amide bonds. The third-order valence-electron chi connectivity index (χ3n) is 3.96. The first kappa shape index (κ1) is 15.8. The summed E-state index contributed by atoms with van der Waals surface area (Å²) in [6.45, 7) is 2.14. The Bertz CT molecular complexity index is 1020. The fourth-order valence-corrected chi connectivity index (χ4v) is 3.58. The van der Waals surface area contributed by atoms with Gasteiger partial charge in [0.05, 0.1) is 5.52 Å². The van der Waals surface area contributed by atoms with Crippen LogP contribution in [0.1, 0.15) is 6.92 Å². The van der Waals surface area contributed by atoms with Gasteiger partial charge in [-0.15, -0.1) is 11.8 Å².